The van der Waals surface area contributed by atoms with Crippen molar-refractivity contribution in [1.82, 2.24) is 10.2 Å². The molecule has 1 atom stereocenters. The Bertz CT molecular complexity index is 1320. The monoisotopic (exact) mass is 513 g/mol. The minimum atomic E-state index is -0.970. The number of carbonyl (C=O) groups excluding carboxylic acids is 1. The van der Waals surface area contributed by atoms with Gasteiger partial charge in [-0.1, -0.05) is 37.3 Å². The second-order valence-electron chi connectivity index (χ2n) is 8.92. The van der Waals surface area contributed by atoms with Crippen molar-refractivity contribution in [2.75, 3.05) is 5.32 Å². The number of benzene rings is 2. The van der Waals surface area contributed by atoms with Gasteiger partial charge in [0.05, 0.1) is 11.5 Å². The summed E-state index contributed by atoms with van der Waals surface area (Å²) in [6.45, 7) is 7.31. The van der Waals surface area contributed by atoms with Gasteiger partial charge in [-0.05, 0) is 67.4 Å². The van der Waals surface area contributed by atoms with Crippen LogP contribution in [0.4, 0.5) is 13.9 Å². The van der Waals surface area contributed by atoms with Crippen LogP contribution >= 0.6 is 22.7 Å². The first-order valence-corrected chi connectivity index (χ1v) is 12.7. The van der Waals surface area contributed by atoms with E-state index in [1.807, 2.05) is 45.9 Å². The van der Waals surface area contributed by atoms with Gasteiger partial charge < -0.3 is 10.1 Å². The summed E-state index contributed by atoms with van der Waals surface area (Å²) in [6.07, 6.45) is -0.135. The first-order chi connectivity index (χ1) is 16.6. The molecule has 0 aliphatic carbocycles. The Hall–Kier alpha value is -3.17. The maximum atomic E-state index is 14.6. The molecule has 1 N–H and O–H groups in total. The van der Waals surface area contributed by atoms with Gasteiger partial charge in [0, 0.05) is 15.7 Å². The van der Waals surface area contributed by atoms with E-state index in [1.165, 1.54) is 46.4 Å². The predicted molar refractivity (Wildman–Crippen MR) is 136 cm³/mol. The Labute approximate surface area is 210 Å². The molecule has 1 unspecified atom stereocenters. The van der Waals surface area contributed by atoms with E-state index in [4.69, 9.17) is 4.74 Å². The van der Waals surface area contributed by atoms with Gasteiger partial charge >= 0.3 is 0 Å². The Balaban J connectivity index is 1.71. The Morgan fingerprint density at radius 2 is 1.89 bits per heavy atom. The predicted octanol–water partition coefficient (Wildman–Crippen LogP) is 7.13. The summed E-state index contributed by atoms with van der Waals surface area (Å²) in [4.78, 5) is 15.0. The summed E-state index contributed by atoms with van der Waals surface area (Å²) >= 11 is 2.66. The molecule has 0 saturated carbocycles. The van der Waals surface area contributed by atoms with Crippen molar-refractivity contribution in [3.05, 3.63) is 82.2 Å². The zero-order valence-corrected chi connectivity index (χ0v) is 21.3. The molecule has 5 nitrogen and oxygen atoms in total. The quantitative estimate of drug-likeness (QED) is 0.272. The van der Waals surface area contributed by atoms with E-state index in [9.17, 15) is 13.6 Å². The summed E-state index contributed by atoms with van der Waals surface area (Å²) in [5.41, 5.74) is 1.93. The first-order valence-electron chi connectivity index (χ1n) is 11.0. The van der Waals surface area contributed by atoms with E-state index in [1.54, 1.807) is 18.2 Å². The minimum absolute atomic E-state index is 0.135. The molecule has 0 spiro atoms. The number of nitrogens with one attached hydrogen (secondary N) is 1. The molecule has 35 heavy (non-hydrogen) atoms. The average Bonchev–Trinajstić information content (AvgIpc) is 3.47. The maximum Gasteiger partial charge on any atom is 0.232 e. The van der Waals surface area contributed by atoms with Crippen LogP contribution in [0.3, 0.4) is 0 Å². The highest BCUT2D eigenvalue weighted by Crippen LogP contribution is 2.46. The highest BCUT2D eigenvalue weighted by Gasteiger charge is 2.40. The van der Waals surface area contributed by atoms with Crippen LogP contribution in [0.15, 0.2) is 60.1 Å². The van der Waals surface area contributed by atoms with Crippen molar-refractivity contribution in [1.29, 1.82) is 0 Å². The van der Waals surface area contributed by atoms with Gasteiger partial charge in [-0.3, -0.25) is 4.79 Å². The molecule has 0 saturated heterocycles. The molecule has 2 aromatic heterocycles. The number of hydrogen-bond acceptors (Lipinski definition) is 6. The van der Waals surface area contributed by atoms with Crippen LogP contribution in [0.2, 0.25) is 0 Å². The molecule has 0 aliphatic heterocycles. The van der Waals surface area contributed by atoms with Gasteiger partial charge in [-0.2, -0.15) is 0 Å². The van der Waals surface area contributed by atoms with Crippen molar-refractivity contribution in [3.8, 4) is 16.2 Å². The molecule has 0 radical (unpaired) electrons. The molecule has 2 aromatic carbocycles. The third kappa shape index (κ3) is 5.57. The summed E-state index contributed by atoms with van der Waals surface area (Å²) in [5.74, 6) is -1.34. The number of thiophene rings is 1. The molecular formula is C26H25F2N3O2S2. The molecular weight excluding hydrogens is 488 g/mol. The summed E-state index contributed by atoms with van der Waals surface area (Å²) < 4.78 is 34.3. The number of nitrogens with zero attached hydrogens (tertiary/aromatic N) is 2. The van der Waals surface area contributed by atoms with Crippen molar-refractivity contribution >= 4 is 33.7 Å². The summed E-state index contributed by atoms with van der Waals surface area (Å²) in [5, 5.41) is 10.9. The smallest absolute Gasteiger partial charge is 0.232 e. The van der Waals surface area contributed by atoms with Crippen molar-refractivity contribution in [2.24, 2.45) is 5.41 Å². The highest BCUT2D eigenvalue weighted by atomic mass is 32.1. The Morgan fingerprint density at radius 3 is 2.54 bits per heavy atom. The fraction of sp³-hybridized carbons (Fsp3) is 0.269. The molecule has 0 aliphatic rings. The minimum Gasteiger partial charge on any atom is -0.488 e. The normalized spacial score (nSPS) is 12.5. The van der Waals surface area contributed by atoms with E-state index in [2.05, 4.69) is 15.5 Å². The van der Waals surface area contributed by atoms with Crippen LogP contribution in [0, 0.1) is 17.0 Å². The molecule has 4 rings (SSSR count). The van der Waals surface area contributed by atoms with Gasteiger partial charge in [0.25, 0.3) is 0 Å². The lowest BCUT2D eigenvalue weighted by molar-refractivity contribution is -0.124. The molecule has 4 aromatic rings. The fourth-order valence-corrected chi connectivity index (χ4v) is 5.67. The Kier molecular flexibility index (Phi) is 7.28. The van der Waals surface area contributed by atoms with Gasteiger partial charge in [0.2, 0.25) is 11.0 Å². The van der Waals surface area contributed by atoms with Crippen LogP contribution in [-0.2, 0) is 4.79 Å². The third-order valence-corrected chi connectivity index (χ3v) is 7.37. The average molecular weight is 514 g/mol. The molecule has 0 bridgehead atoms. The Morgan fingerprint density at radius 1 is 1.09 bits per heavy atom. The van der Waals surface area contributed by atoms with E-state index < -0.39 is 17.2 Å². The standard InChI is InChI=1S/C26H25F2N3O2S2/c1-15(2)33-20-9-8-16(13-19(20)28)21-10-11-22(35-21)23(17-6-5-7-18(27)12-17)26(3,4)24(32)30-25-31-29-14-34-25/h5-15,23H,1-4H3,(H,30,31,32). The number of ether oxygens (including phenoxy) is 1. The highest BCUT2D eigenvalue weighted by molar-refractivity contribution is 7.15. The van der Waals surface area contributed by atoms with E-state index in [-0.39, 0.29) is 23.6 Å². The molecule has 182 valence electrons. The van der Waals surface area contributed by atoms with Crippen LogP contribution in [0.25, 0.3) is 10.4 Å². The largest absolute Gasteiger partial charge is 0.488 e. The van der Waals surface area contributed by atoms with Crippen molar-refractivity contribution in [3.63, 3.8) is 0 Å². The maximum absolute atomic E-state index is 14.6. The zero-order chi connectivity index (χ0) is 25.2. The van der Waals surface area contributed by atoms with Crippen molar-refractivity contribution in [2.45, 2.75) is 39.7 Å². The third-order valence-electron chi connectivity index (χ3n) is 5.56. The number of carbonyl (C=O) groups is 1. The molecule has 2 heterocycles. The zero-order valence-electron chi connectivity index (χ0n) is 19.7. The lowest BCUT2D eigenvalue weighted by Crippen LogP contribution is -2.36. The SMILES string of the molecule is CC(C)Oc1ccc(-c2ccc(C(c3cccc(F)c3)C(C)(C)C(=O)Nc3nncs3)s2)cc1F. The van der Waals surface area contributed by atoms with Crippen LogP contribution in [0.5, 0.6) is 5.75 Å². The van der Waals surface area contributed by atoms with Gasteiger partial charge in [-0.15, -0.1) is 21.5 Å². The first kappa shape index (κ1) is 24.9. The van der Waals surface area contributed by atoms with Crippen molar-refractivity contribution < 1.29 is 18.3 Å². The summed E-state index contributed by atoms with van der Waals surface area (Å²) in [6, 6.07) is 14.9. The van der Waals surface area contributed by atoms with Crippen LogP contribution in [-0.4, -0.2) is 22.2 Å². The second-order valence-corrected chi connectivity index (χ2v) is 10.9. The number of anilines is 1. The van der Waals surface area contributed by atoms with E-state index in [0.29, 0.717) is 16.3 Å². The van der Waals surface area contributed by atoms with Crippen LogP contribution < -0.4 is 10.1 Å². The molecule has 1 amide bonds. The van der Waals surface area contributed by atoms with Gasteiger partial charge in [0.15, 0.2) is 11.6 Å². The lowest BCUT2D eigenvalue weighted by Gasteiger charge is -2.32. The number of aromatic nitrogens is 2. The van der Waals surface area contributed by atoms with Crippen LogP contribution in [0.1, 0.15) is 44.1 Å². The number of hydrogen-bond donors (Lipinski definition) is 1. The summed E-state index contributed by atoms with van der Waals surface area (Å²) in [7, 11) is 0. The number of rotatable bonds is 8. The van der Waals surface area contributed by atoms with E-state index >= 15 is 0 Å². The second kappa shape index (κ2) is 10.2. The topological polar surface area (TPSA) is 64.1 Å². The van der Waals surface area contributed by atoms with Gasteiger partial charge in [-0.25, -0.2) is 8.78 Å². The van der Waals surface area contributed by atoms with Gasteiger partial charge in [0.1, 0.15) is 11.3 Å². The number of amides is 1. The molecule has 0 fully saturated rings. The molecule has 9 heteroatoms. The van der Waals surface area contributed by atoms with E-state index in [0.717, 1.165) is 9.75 Å². The number of halogens is 2. The fourth-order valence-electron chi connectivity index (χ4n) is 3.91. The lowest BCUT2D eigenvalue weighted by atomic mass is 9.73.